The molecule has 6 heteroatoms. The normalized spacial score (nSPS) is 14.5. The lowest BCUT2D eigenvalue weighted by atomic mass is 10.0. The Balaban J connectivity index is 1.33. The fourth-order valence-corrected chi connectivity index (χ4v) is 3.70. The smallest absolute Gasteiger partial charge is 0.224 e. The van der Waals surface area contributed by atoms with Gasteiger partial charge in [-0.2, -0.15) is 0 Å². The van der Waals surface area contributed by atoms with E-state index < -0.39 is 0 Å². The molecular formula is C25H26N2O4. The molecule has 0 spiro atoms. The maximum atomic E-state index is 12.4. The number of aromatic nitrogens is 1. The quantitative estimate of drug-likeness (QED) is 0.633. The Morgan fingerprint density at radius 1 is 1.10 bits per heavy atom. The van der Waals surface area contributed by atoms with Crippen molar-refractivity contribution in [2.75, 3.05) is 20.8 Å². The highest BCUT2D eigenvalue weighted by Gasteiger charge is 2.24. The van der Waals surface area contributed by atoms with E-state index in [4.69, 9.17) is 14.2 Å². The lowest BCUT2D eigenvalue weighted by Crippen LogP contribution is -2.35. The van der Waals surface area contributed by atoms with Crippen LogP contribution in [0.2, 0.25) is 0 Å². The molecule has 0 fully saturated rings. The second-order valence-electron chi connectivity index (χ2n) is 7.66. The van der Waals surface area contributed by atoms with E-state index >= 15 is 0 Å². The molecule has 1 atom stereocenters. The highest BCUT2D eigenvalue weighted by Crippen LogP contribution is 2.32. The lowest BCUT2D eigenvalue weighted by molar-refractivity contribution is -0.120. The van der Waals surface area contributed by atoms with Crippen LogP contribution in [0.3, 0.4) is 0 Å². The van der Waals surface area contributed by atoms with Crippen LogP contribution in [-0.2, 0) is 17.6 Å². The Kier molecular flexibility index (Phi) is 6.07. The van der Waals surface area contributed by atoms with Crippen molar-refractivity contribution in [2.24, 2.45) is 0 Å². The van der Waals surface area contributed by atoms with E-state index in [0.717, 1.165) is 40.1 Å². The minimum Gasteiger partial charge on any atom is -0.493 e. The van der Waals surface area contributed by atoms with Crippen molar-refractivity contribution in [3.05, 3.63) is 71.4 Å². The summed E-state index contributed by atoms with van der Waals surface area (Å²) in [6, 6.07) is 15.7. The summed E-state index contributed by atoms with van der Waals surface area (Å²) >= 11 is 0. The largest absolute Gasteiger partial charge is 0.493 e. The number of hydrogen-bond acceptors (Lipinski definition) is 5. The molecule has 2 heterocycles. The van der Waals surface area contributed by atoms with Crippen molar-refractivity contribution in [1.82, 2.24) is 10.3 Å². The van der Waals surface area contributed by atoms with Crippen LogP contribution < -0.4 is 19.5 Å². The molecule has 0 unspecified atom stereocenters. The first kappa shape index (κ1) is 20.7. The molecule has 1 amide bonds. The zero-order valence-corrected chi connectivity index (χ0v) is 18.0. The fourth-order valence-electron chi connectivity index (χ4n) is 3.70. The number of carbonyl (C=O) groups is 1. The molecule has 0 radical (unpaired) electrons. The maximum absolute atomic E-state index is 12.4. The average molecular weight is 418 g/mol. The minimum atomic E-state index is -0.0782. The summed E-state index contributed by atoms with van der Waals surface area (Å²) in [6.45, 7) is 2.48. The van der Waals surface area contributed by atoms with E-state index in [0.29, 0.717) is 18.0 Å². The molecule has 6 nitrogen and oxygen atoms in total. The molecule has 1 aromatic heterocycles. The van der Waals surface area contributed by atoms with Crippen LogP contribution in [0.25, 0.3) is 11.3 Å². The number of nitrogens with zero attached hydrogens (tertiary/aromatic N) is 1. The van der Waals surface area contributed by atoms with Crippen molar-refractivity contribution in [2.45, 2.75) is 25.9 Å². The highest BCUT2D eigenvalue weighted by atomic mass is 16.5. The number of methoxy groups -OCH3 is 2. The minimum absolute atomic E-state index is 0.0590. The number of aryl methyl sites for hydroxylation is 1. The first-order valence-electron chi connectivity index (χ1n) is 10.3. The Morgan fingerprint density at radius 3 is 2.68 bits per heavy atom. The molecular weight excluding hydrogens is 392 g/mol. The molecule has 3 aromatic rings. The molecule has 0 bridgehead atoms. The molecule has 31 heavy (non-hydrogen) atoms. The van der Waals surface area contributed by atoms with Crippen molar-refractivity contribution >= 4 is 5.91 Å². The van der Waals surface area contributed by atoms with Crippen molar-refractivity contribution in [1.29, 1.82) is 0 Å². The van der Waals surface area contributed by atoms with Gasteiger partial charge in [0, 0.05) is 18.2 Å². The number of ether oxygens (including phenoxy) is 3. The number of nitrogens with one attached hydrogen (secondary N) is 1. The summed E-state index contributed by atoms with van der Waals surface area (Å²) in [6.07, 6.45) is 2.82. The van der Waals surface area contributed by atoms with Crippen LogP contribution >= 0.6 is 0 Å². The molecule has 1 aliphatic rings. The Morgan fingerprint density at radius 2 is 1.94 bits per heavy atom. The second-order valence-corrected chi connectivity index (χ2v) is 7.66. The molecule has 1 aliphatic heterocycles. The molecule has 0 saturated carbocycles. The molecule has 1 N–H and O–H groups in total. The van der Waals surface area contributed by atoms with Crippen molar-refractivity contribution in [3.8, 4) is 28.5 Å². The number of hydrogen-bond donors (Lipinski definition) is 1. The fraction of sp³-hybridized carbons (Fsp3) is 0.280. The predicted molar refractivity (Wildman–Crippen MR) is 119 cm³/mol. The van der Waals surface area contributed by atoms with Gasteiger partial charge < -0.3 is 19.5 Å². The average Bonchev–Trinajstić information content (AvgIpc) is 3.20. The molecule has 0 aliphatic carbocycles. The predicted octanol–water partition coefficient (Wildman–Crippen LogP) is 3.74. The number of rotatable bonds is 7. The van der Waals surface area contributed by atoms with Gasteiger partial charge in [-0.25, -0.2) is 0 Å². The van der Waals surface area contributed by atoms with Crippen LogP contribution in [0.5, 0.6) is 17.2 Å². The van der Waals surface area contributed by atoms with Gasteiger partial charge in [-0.15, -0.1) is 0 Å². The Hall–Kier alpha value is -3.54. The zero-order valence-electron chi connectivity index (χ0n) is 18.0. The second kappa shape index (κ2) is 9.08. The molecule has 160 valence electrons. The zero-order chi connectivity index (χ0) is 21.8. The van der Waals surface area contributed by atoms with E-state index in [1.165, 1.54) is 0 Å². The first-order valence-corrected chi connectivity index (χ1v) is 10.3. The van der Waals surface area contributed by atoms with Crippen LogP contribution in [0.15, 0.2) is 54.7 Å². The number of amides is 1. The maximum Gasteiger partial charge on any atom is 0.224 e. The summed E-state index contributed by atoms with van der Waals surface area (Å²) in [5, 5.41) is 2.98. The van der Waals surface area contributed by atoms with Crippen LogP contribution in [0.1, 0.15) is 16.7 Å². The van der Waals surface area contributed by atoms with Gasteiger partial charge in [0.05, 0.1) is 32.9 Å². The third-order valence-electron chi connectivity index (χ3n) is 5.35. The lowest BCUT2D eigenvalue weighted by Gasteiger charge is -2.13. The third-order valence-corrected chi connectivity index (χ3v) is 5.35. The molecule has 2 aromatic carbocycles. The SMILES string of the molecule is COc1ccc(CC(=O)NC[C@H]2Cc3cc(-c4ccc(C)cn4)ccc3O2)cc1OC. The van der Waals surface area contributed by atoms with Gasteiger partial charge in [0.15, 0.2) is 11.5 Å². The first-order chi connectivity index (χ1) is 15.1. The molecule has 0 saturated heterocycles. The van der Waals surface area contributed by atoms with E-state index in [1.54, 1.807) is 20.3 Å². The third kappa shape index (κ3) is 4.79. The summed E-state index contributed by atoms with van der Waals surface area (Å²) in [7, 11) is 3.17. The van der Waals surface area contributed by atoms with E-state index in [-0.39, 0.29) is 18.4 Å². The highest BCUT2D eigenvalue weighted by molar-refractivity contribution is 5.78. The number of benzene rings is 2. The van der Waals surface area contributed by atoms with Gasteiger partial charge in [-0.1, -0.05) is 12.1 Å². The van der Waals surface area contributed by atoms with Gasteiger partial charge in [-0.05, 0) is 60.0 Å². The van der Waals surface area contributed by atoms with Crippen LogP contribution in [0.4, 0.5) is 0 Å². The van der Waals surface area contributed by atoms with E-state index in [2.05, 4.69) is 22.4 Å². The number of pyridine rings is 1. The molecule has 4 rings (SSSR count). The van der Waals surface area contributed by atoms with Crippen LogP contribution in [-0.4, -0.2) is 37.8 Å². The number of fused-ring (bicyclic) bond motifs is 1. The van der Waals surface area contributed by atoms with Crippen LogP contribution in [0, 0.1) is 6.92 Å². The Bertz CT molecular complexity index is 1080. The van der Waals surface area contributed by atoms with Gasteiger partial charge in [0.25, 0.3) is 0 Å². The van der Waals surface area contributed by atoms with Gasteiger partial charge in [-0.3, -0.25) is 9.78 Å². The van der Waals surface area contributed by atoms with Crippen molar-refractivity contribution in [3.63, 3.8) is 0 Å². The number of carbonyl (C=O) groups excluding carboxylic acids is 1. The summed E-state index contributed by atoms with van der Waals surface area (Å²) in [5.41, 5.74) is 5.15. The van der Waals surface area contributed by atoms with Gasteiger partial charge >= 0.3 is 0 Å². The topological polar surface area (TPSA) is 69.7 Å². The van der Waals surface area contributed by atoms with Crippen molar-refractivity contribution < 1.29 is 19.0 Å². The summed E-state index contributed by atoms with van der Waals surface area (Å²) in [4.78, 5) is 16.9. The van der Waals surface area contributed by atoms with E-state index in [9.17, 15) is 4.79 Å². The summed E-state index contributed by atoms with van der Waals surface area (Å²) < 4.78 is 16.6. The van der Waals surface area contributed by atoms with Gasteiger partial charge in [0.2, 0.25) is 5.91 Å². The standard InChI is InChI=1S/C25H26N2O4/c1-16-4-7-21(26-14-16)18-6-9-22-19(12-18)13-20(31-22)15-27-25(28)11-17-5-8-23(29-2)24(10-17)30-3/h4-10,12,14,20H,11,13,15H2,1-3H3,(H,27,28)/t20-/m1/s1. The summed E-state index contributed by atoms with van der Waals surface area (Å²) in [5.74, 6) is 2.07. The Labute approximate surface area is 182 Å². The van der Waals surface area contributed by atoms with Gasteiger partial charge in [0.1, 0.15) is 11.9 Å². The monoisotopic (exact) mass is 418 g/mol. The van der Waals surface area contributed by atoms with E-state index in [1.807, 2.05) is 43.5 Å².